The minimum atomic E-state index is -1.93. The molecule has 0 radical (unpaired) electrons. The van der Waals surface area contributed by atoms with E-state index in [1.54, 1.807) is 20.1 Å². The van der Waals surface area contributed by atoms with Crippen molar-refractivity contribution < 1.29 is 18.7 Å². The van der Waals surface area contributed by atoms with E-state index in [4.69, 9.17) is 13.9 Å². The van der Waals surface area contributed by atoms with Crippen molar-refractivity contribution in [2.75, 3.05) is 13.7 Å². The molecule has 0 amide bonds. The number of pyridine rings is 1. The van der Waals surface area contributed by atoms with E-state index in [2.05, 4.69) is 38.8 Å². The Hall–Kier alpha value is -1.40. The minimum absolute atomic E-state index is 0.0990. The average Bonchev–Trinajstić information content (AvgIpc) is 2.50. The number of rotatable bonds is 7. The molecule has 0 saturated carbocycles. The number of methoxy groups -OCH3 is 1. The van der Waals surface area contributed by atoms with E-state index in [0.29, 0.717) is 36.8 Å². The van der Waals surface area contributed by atoms with E-state index >= 15 is 0 Å². The van der Waals surface area contributed by atoms with E-state index in [9.17, 15) is 4.79 Å². The van der Waals surface area contributed by atoms with Crippen LogP contribution in [0.3, 0.4) is 0 Å². The van der Waals surface area contributed by atoms with Gasteiger partial charge in [0, 0.05) is 6.07 Å². The van der Waals surface area contributed by atoms with Gasteiger partial charge in [-0.2, -0.15) is 0 Å². The molecule has 0 bridgehead atoms. The summed E-state index contributed by atoms with van der Waals surface area (Å²) in [4.78, 5) is 16.8. The predicted molar refractivity (Wildman–Crippen MR) is 98.1 cm³/mol. The second kappa shape index (κ2) is 8.12. The molecule has 0 aromatic carbocycles. The molecule has 24 heavy (non-hydrogen) atoms. The fourth-order valence-electron chi connectivity index (χ4n) is 2.03. The highest BCUT2D eigenvalue weighted by atomic mass is 28.4. The molecule has 0 unspecified atom stereocenters. The quantitative estimate of drug-likeness (QED) is 0.539. The summed E-state index contributed by atoms with van der Waals surface area (Å²) in [5.74, 6) is 0.145. The minimum Gasteiger partial charge on any atom is -0.481 e. The first kappa shape index (κ1) is 20.6. The molecular weight excluding hydrogens is 322 g/mol. The van der Waals surface area contributed by atoms with Gasteiger partial charge in [0.05, 0.1) is 31.6 Å². The highest BCUT2D eigenvalue weighted by Crippen LogP contribution is 2.37. The maximum Gasteiger partial charge on any atom is 0.340 e. The first-order chi connectivity index (χ1) is 11.1. The molecule has 0 aliphatic carbocycles. The molecule has 6 heteroatoms. The maximum atomic E-state index is 12.4. The van der Waals surface area contributed by atoms with Crippen LogP contribution < -0.4 is 4.74 Å². The lowest BCUT2D eigenvalue weighted by Gasteiger charge is -2.36. The van der Waals surface area contributed by atoms with Gasteiger partial charge in [-0.05, 0) is 37.0 Å². The molecule has 1 aromatic heterocycles. The van der Waals surface area contributed by atoms with Gasteiger partial charge in [0.1, 0.15) is 0 Å². The Morgan fingerprint density at radius 1 is 1.25 bits per heavy atom. The normalized spacial score (nSPS) is 12.2. The summed E-state index contributed by atoms with van der Waals surface area (Å²) in [6.45, 7) is 15.4. The first-order valence-corrected chi connectivity index (χ1v) is 11.4. The summed E-state index contributed by atoms with van der Waals surface area (Å²) in [5.41, 5.74) is 1.97. The molecule has 0 atom stereocenters. The van der Waals surface area contributed by atoms with Crippen LogP contribution in [0.4, 0.5) is 0 Å². The molecule has 5 nitrogen and oxygen atoms in total. The number of esters is 1. The van der Waals surface area contributed by atoms with E-state index in [0.717, 1.165) is 5.56 Å². The van der Waals surface area contributed by atoms with Gasteiger partial charge in [-0.1, -0.05) is 27.7 Å². The van der Waals surface area contributed by atoms with Gasteiger partial charge in [0.2, 0.25) is 5.88 Å². The number of carbonyl (C=O) groups excluding carboxylic acids is 1. The summed E-state index contributed by atoms with van der Waals surface area (Å²) < 4.78 is 16.8. The summed E-state index contributed by atoms with van der Waals surface area (Å²) in [6, 6.07) is 1.78. The van der Waals surface area contributed by atoms with Gasteiger partial charge >= 0.3 is 5.97 Å². The molecule has 1 aromatic rings. The van der Waals surface area contributed by atoms with Gasteiger partial charge in [-0.3, -0.25) is 0 Å². The highest BCUT2D eigenvalue weighted by Gasteiger charge is 2.37. The molecule has 1 heterocycles. The number of hydrogen-bond donors (Lipinski definition) is 0. The molecule has 136 valence electrons. The monoisotopic (exact) mass is 353 g/mol. The van der Waals surface area contributed by atoms with Crippen LogP contribution >= 0.6 is 0 Å². The Morgan fingerprint density at radius 3 is 2.33 bits per heavy atom. The van der Waals surface area contributed by atoms with E-state index in [-0.39, 0.29) is 11.0 Å². The zero-order valence-electron chi connectivity index (χ0n) is 16.3. The van der Waals surface area contributed by atoms with Crippen molar-refractivity contribution in [3.8, 4) is 5.88 Å². The van der Waals surface area contributed by atoms with Gasteiger partial charge in [-0.25, -0.2) is 9.78 Å². The van der Waals surface area contributed by atoms with E-state index in [1.807, 2.05) is 6.92 Å². The number of nitrogens with zero attached hydrogens (tertiary/aromatic N) is 1. The third kappa shape index (κ3) is 4.80. The summed E-state index contributed by atoms with van der Waals surface area (Å²) in [6.07, 6.45) is 0.623. The summed E-state index contributed by atoms with van der Waals surface area (Å²) >= 11 is 0. The molecule has 0 saturated heterocycles. The SMILES string of the molecule is CCOC(=O)c1c(CO[Si](C)(C)C(C)(C)C)cc(OC)nc1CC. The van der Waals surface area contributed by atoms with E-state index < -0.39 is 8.32 Å². The molecule has 1 rings (SSSR count). The number of aryl methyl sites for hydroxylation is 1. The topological polar surface area (TPSA) is 57.7 Å². The second-order valence-electron chi connectivity index (χ2n) is 7.27. The van der Waals surface area contributed by atoms with Gasteiger partial charge < -0.3 is 13.9 Å². The zero-order valence-corrected chi connectivity index (χ0v) is 17.3. The average molecular weight is 354 g/mol. The number of aromatic nitrogens is 1. The van der Waals surface area contributed by atoms with Crippen LogP contribution in [0.15, 0.2) is 6.07 Å². The third-order valence-electron chi connectivity index (χ3n) is 4.57. The van der Waals surface area contributed by atoms with Crippen LogP contribution in [0, 0.1) is 0 Å². The molecule has 0 N–H and O–H groups in total. The molecular formula is C18H31NO4Si. The van der Waals surface area contributed by atoms with Crippen molar-refractivity contribution in [2.45, 2.75) is 65.8 Å². The Balaban J connectivity index is 3.26. The molecule has 0 aliphatic rings. The van der Waals surface area contributed by atoms with Crippen molar-refractivity contribution in [2.24, 2.45) is 0 Å². The Labute approximate surface area is 146 Å². The van der Waals surface area contributed by atoms with Crippen LogP contribution in [-0.2, 0) is 22.2 Å². The Kier molecular flexibility index (Phi) is 6.98. The van der Waals surface area contributed by atoms with Crippen molar-refractivity contribution in [3.05, 3.63) is 22.9 Å². The fourth-order valence-corrected chi connectivity index (χ4v) is 2.98. The van der Waals surface area contributed by atoms with E-state index in [1.165, 1.54) is 0 Å². The molecule has 0 aliphatic heterocycles. The van der Waals surface area contributed by atoms with Crippen molar-refractivity contribution in [1.82, 2.24) is 4.98 Å². The smallest absolute Gasteiger partial charge is 0.340 e. The van der Waals surface area contributed by atoms with Crippen LogP contribution in [0.2, 0.25) is 18.1 Å². The number of ether oxygens (including phenoxy) is 2. The largest absolute Gasteiger partial charge is 0.481 e. The van der Waals surface area contributed by atoms with Crippen molar-refractivity contribution >= 4 is 14.3 Å². The second-order valence-corrected chi connectivity index (χ2v) is 12.1. The van der Waals surface area contributed by atoms with Gasteiger partial charge in [0.25, 0.3) is 0 Å². The van der Waals surface area contributed by atoms with Gasteiger partial charge in [0.15, 0.2) is 8.32 Å². The van der Waals surface area contributed by atoms with Gasteiger partial charge in [-0.15, -0.1) is 0 Å². The zero-order chi connectivity index (χ0) is 18.5. The lowest BCUT2D eigenvalue weighted by atomic mass is 10.1. The fraction of sp³-hybridized carbons (Fsp3) is 0.667. The van der Waals surface area contributed by atoms with Crippen molar-refractivity contribution in [1.29, 1.82) is 0 Å². The maximum absolute atomic E-state index is 12.4. The predicted octanol–water partition coefficient (Wildman–Crippen LogP) is 4.35. The lowest BCUT2D eigenvalue weighted by Crippen LogP contribution is -2.40. The number of carbonyl (C=O) groups is 1. The molecule has 0 fully saturated rings. The van der Waals surface area contributed by atoms with Crippen LogP contribution in [-0.4, -0.2) is 33.0 Å². The van der Waals surface area contributed by atoms with Crippen molar-refractivity contribution in [3.63, 3.8) is 0 Å². The summed E-state index contributed by atoms with van der Waals surface area (Å²) in [5, 5.41) is 0.0990. The Bertz CT molecular complexity index is 579. The van der Waals surface area contributed by atoms with Crippen LogP contribution in [0.5, 0.6) is 5.88 Å². The third-order valence-corrected chi connectivity index (χ3v) is 9.05. The standard InChI is InChI=1S/C18H31NO4Si/c1-9-14-16(17(20)22-10-2)13(11-15(19-14)21-6)12-23-24(7,8)18(3,4)5/h11H,9-10,12H2,1-8H3. The number of hydrogen-bond acceptors (Lipinski definition) is 5. The highest BCUT2D eigenvalue weighted by molar-refractivity contribution is 6.74. The van der Waals surface area contributed by atoms with Crippen LogP contribution in [0.1, 0.15) is 56.2 Å². The summed E-state index contributed by atoms with van der Waals surface area (Å²) in [7, 11) is -0.359. The van der Waals surface area contributed by atoms with Crippen LogP contribution in [0.25, 0.3) is 0 Å². The Morgan fingerprint density at radius 2 is 1.88 bits per heavy atom. The molecule has 0 spiro atoms. The lowest BCUT2D eigenvalue weighted by molar-refractivity contribution is 0.0521. The first-order valence-electron chi connectivity index (χ1n) is 8.45.